The number of morpholine rings is 1. The van der Waals surface area contributed by atoms with Crippen molar-refractivity contribution in [1.29, 1.82) is 0 Å². The van der Waals surface area contributed by atoms with E-state index < -0.39 is 0 Å². The number of amides is 1. The molecule has 5 heteroatoms. The molecule has 1 aromatic heterocycles. The Bertz CT molecular complexity index is 648. The summed E-state index contributed by atoms with van der Waals surface area (Å²) >= 11 is 0. The summed E-state index contributed by atoms with van der Waals surface area (Å²) in [6.45, 7) is 5.80. The lowest BCUT2D eigenvalue weighted by molar-refractivity contribution is 0.0757. The van der Waals surface area contributed by atoms with Crippen molar-refractivity contribution in [3.8, 4) is 0 Å². The van der Waals surface area contributed by atoms with Crippen LogP contribution in [0.2, 0.25) is 0 Å². The van der Waals surface area contributed by atoms with Crippen LogP contribution in [-0.2, 0) is 4.74 Å². The maximum atomic E-state index is 12.1. The van der Waals surface area contributed by atoms with Crippen LogP contribution in [0.25, 0.3) is 0 Å². The number of carbonyl (C=O) groups excluding carboxylic acids is 1. The molecule has 3 rings (SSSR count). The number of nitrogens with one attached hydrogen (secondary N) is 1. The van der Waals surface area contributed by atoms with Gasteiger partial charge in [-0.05, 0) is 50.2 Å². The molecular formula is C18H21N3O2. The number of carbonyl (C=O) groups is 1. The van der Waals surface area contributed by atoms with E-state index in [1.165, 1.54) is 0 Å². The Morgan fingerprint density at radius 2 is 1.70 bits per heavy atom. The fourth-order valence-corrected chi connectivity index (χ4v) is 2.94. The van der Waals surface area contributed by atoms with Crippen LogP contribution in [0.1, 0.15) is 24.2 Å². The van der Waals surface area contributed by atoms with Gasteiger partial charge in [-0.2, -0.15) is 0 Å². The Balaban J connectivity index is 1.71. The van der Waals surface area contributed by atoms with Crippen molar-refractivity contribution in [2.24, 2.45) is 0 Å². The summed E-state index contributed by atoms with van der Waals surface area (Å²) in [5, 5.41) is 2.90. The predicted molar refractivity (Wildman–Crippen MR) is 90.9 cm³/mol. The zero-order chi connectivity index (χ0) is 16.2. The van der Waals surface area contributed by atoms with Crippen molar-refractivity contribution in [2.75, 3.05) is 23.4 Å². The van der Waals surface area contributed by atoms with Gasteiger partial charge in [0, 0.05) is 41.4 Å². The molecule has 1 saturated heterocycles. The van der Waals surface area contributed by atoms with Gasteiger partial charge in [-0.1, -0.05) is 0 Å². The highest BCUT2D eigenvalue weighted by Gasteiger charge is 2.25. The lowest BCUT2D eigenvalue weighted by Crippen LogP contribution is -2.49. The topological polar surface area (TPSA) is 54.5 Å². The van der Waals surface area contributed by atoms with Crippen molar-refractivity contribution in [3.05, 3.63) is 54.4 Å². The summed E-state index contributed by atoms with van der Waals surface area (Å²) in [6, 6.07) is 12.0. The molecule has 1 aliphatic rings. The quantitative estimate of drug-likeness (QED) is 0.947. The number of ether oxygens (including phenoxy) is 1. The molecule has 2 unspecified atom stereocenters. The van der Waals surface area contributed by atoms with Gasteiger partial charge in [-0.15, -0.1) is 0 Å². The van der Waals surface area contributed by atoms with Gasteiger partial charge in [0.1, 0.15) is 0 Å². The van der Waals surface area contributed by atoms with Crippen molar-refractivity contribution in [3.63, 3.8) is 0 Å². The third kappa shape index (κ3) is 3.51. The molecule has 1 N–H and O–H groups in total. The third-order valence-electron chi connectivity index (χ3n) is 4.03. The van der Waals surface area contributed by atoms with E-state index in [2.05, 4.69) is 29.0 Å². The number of nitrogens with zero attached hydrogens (tertiary/aromatic N) is 2. The van der Waals surface area contributed by atoms with E-state index in [-0.39, 0.29) is 5.91 Å². The highest BCUT2D eigenvalue weighted by atomic mass is 16.5. The maximum Gasteiger partial charge on any atom is 0.255 e. The summed E-state index contributed by atoms with van der Waals surface area (Å²) in [4.78, 5) is 18.4. The van der Waals surface area contributed by atoms with Gasteiger partial charge in [0.25, 0.3) is 5.91 Å². The smallest absolute Gasteiger partial charge is 0.255 e. The minimum atomic E-state index is -0.131. The molecule has 2 aromatic rings. The van der Waals surface area contributed by atoms with Gasteiger partial charge >= 0.3 is 0 Å². The molecule has 0 saturated carbocycles. The molecule has 2 heterocycles. The first-order chi connectivity index (χ1) is 11.1. The van der Waals surface area contributed by atoms with Crippen molar-refractivity contribution in [2.45, 2.75) is 25.9 Å². The zero-order valence-electron chi connectivity index (χ0n) is 13.4. The average Bonchev–Trinajstić information content (AvgIpc) is 2.57. The SMILES string of the molecule is CC1COCC(C)N1c1ccc(NC(=O)c2ccncc2)cc1. The first-order valence-corrected chi connectivity index (χ1v) is 7.82. The molecule has 23 heavy (non-hydrogen) atoms. The summed E-state index contributed by atoms with van der Waals surface area (Å²) in [7, 11) is 0. The van der Waals surface area contributed by atoms with Crippen LogP contribution < -0.4 is 10.2 Å². The summed E-state index contributed by atoms with van der Waals surface area (Å²) in [5.41, 5.74) is 2.53. The highest BCUT2D eigenvalue weighted by Crippen LogP contribution is 2.25. The minimum absolute atomic E-state index is 0.131. The summed E-state index contributed by atoms with van der Waals surface area (Å²) in [6.07, 6.45) is 3.22. The number of anilines is 2. The van der Waals surface area contributed by atoms with Gasteiger partial charge in [0.15, 0.2) is 0 Å². The van der Waals surface area contributed by atoms with E-state index in [1.54, 1.807) is 24.5 Å². The van der Waals surface area contributed by atoms with Crippen LogP contribution in [0, 0.1) is 0 Å². The Labute approximate surface area is 136 Å². The number of hydrogen-bond acceptors (Lipinski definition) is 4. The van der Waals surface area contributed by atoms with E-state index in [1.807, 2.05) is 24.3 Å². The Kier molecular flexibility index (Phi) is 4.57. The van der Waals surface area contributed by atoms with Gasteiger partial charge in [-0.3, -0.25) is 9.78 Å². The van der Waals surface area contributed by atoms with Crippen LogP contribution in [0.4, 0.5) is 11.4 Å². The van der Waals surface area contributed by atoms with Gasteiger partial charge in [-0.25, -0.2) is 0 Å². The Morgan fingerprint density at radius 3 is 2.30 bits per heavy atom. The molecule has 0 spiro atoms. The molecule has 0 aliphatic carbocycles. The van der Waals surface area contributed by atoms with Gasteiger partial charge < -0.3 is 15.0 Å². The molecular weight excluding hydrogens is 290 g/mol. The highest BCUT2D eigenvalue weighted by molar-refractivity contribution is 6.04. The third-order valence-corrected chi connectivity index (χ3v) is 4.03. The second kappa shape index (κ2) is 6.79. The number of aromatic nitrogens is 1. The van der Waals surface area contributed by atoms with Crippen molar-refractivity contribution >= 4 is 17.3 Å². The summed E-state index contributed by atoms with van der Waals surface area (Å²) < 4.78 is 5.57. The minimum Gasteiger partial charge on any atom is -0.377 e. The fourth-order valence-electron chi connectivity index (χ4n) is 2.94. The molecule has 1 fully saturated rings. The molecule has 5 nitrogen and oxygen atoms in total. The first kappa shape index (κ1) is 15.5. The van der Waals surface area contributed by atoms with Crippen molar-refractivity contribution < 1.29 is 9.53 Å². The molecule has 1 amide bonds. The second-order valence-electron chi connectivity index (χ2n) is 5.88. The van der Waals surface area contributed by atoms with E-state index in [0.29, 0.717) is 17.6 Å². The molecule has 0 radical (unpaired) electrons. The first-order valence-electron chi connectivity index (χ1n) is 7.82. The monoisotopic (exact) mass is 311 g/mol. The maximum absolute atomic E-state index is 12.1. The van der Waals surface area contributed by atoms with E-state index in [0.717, 1.165) is 24.6 Å². The normalized spacial score (nSPS) is 21.0. The predicted octanol–water partition coefficient (Wildman–Crippen LogP) is 2.95. The van der Waals surface area contributed by atoms with E-state index in [4.69, 9.17) is 4.74 Å². The Hall–Kier alpha value is -2.40. The zero-order valence-corrected chi connectivity index (χ0v) is 13.4. The summed E-state index contributed by atoms with van der Waals surface area (Å²) in [5.74, 6) is -0.131. The number of benzene rings is 1. The number of rotatable bonds is 3. The molecule has 2 atom stereocenters. The molecule has 120 valence electrons. The standard InChI is InChI=1S/C18H21N3O2/c1-13-11-23-12-14(2)21(13)17-5-3-16(4-6-17)20-18(22)15-7-9-19-10-8-15/h3-10,13-14H,11-12H2,1-2H3,(H,20,22). The molecule has 1 aliphatic heterocycles. The fraction of sp³-hybridized carbons (Fsp3) is 0.333. The van der Waals surface area contributed by atoms with E-state index in [9.17, 15) is 4.79 Å². The van der Waals surface area contributed by atoms with Crippen LogP contribution in [0.5, 0.6) is 0 Å². The van der Waals surface area contributed by atoms with Crippen LogP contribution in [0.3, 0.4) is 0 Å². The van der Waals surface area contributed by atoms with Gasteiger partial charge in [0.05, 0.1) is 13.2 Å². The number of hydrogen-bond donors (Lipinski definition) is 1. The van der Waals surface area contributed by atoms with Crippen LogP contribution >= 0.6 is 0 Å². The van der Waals surface area contributed by atoms with Gasteiger partial charge in [0.2, 0.25) is 0 Å². The largest absolute Gasteiger partial charge is 0.377 e. The average molecular weight is 311 g/mol. The van der Waals surface area contributed by atoms with Crippen molar-refractivity contribution in [1.82, 2.24) is 4.98 Å². The molecule has 1 aromatic carbocycles. The van der Waals surface area contributed by atoms with E-state index >= 15 is 0 Å². The molecule has 0 bridgehead atoms. The number of pyridine rings is 1. The second-order valence-corrected chi connectivity index (χ2v) is 5.88. The lowest BCUT2D eigenvalue weighted by atomic mass is 10.1. The Morgan fingerprint density at radius 1 is 1.09 bits per heavy atom. The van der Waals surface area contributed by atoms with Crippen LogP contribution in [-0.4, -0.2) is 36.2 Å². The van der Waals surface area contributed by atoms with Crippen LogP contribution in [0.15, 0.2) is 48.8 Å². The lowest BCUT2D eigenvalue weighted by Gasteiger charge is -2.40.